The van der Waals surface area contributed by atoms with Gasteiger partial charge in [0, 0.05) is 31.0 Å². The Morgan fingerprint density at radius 3 is 2.67 bits per heavy atom. The molecule has 1 saturated heterocycles. The van der Waals surface area contributed by atoms with Crippen molar-refractivity contribution in [1.82, 2.24) is 19.9 Å². The van der Waals surface area contributed by atoms with Crippen molar-refractivity contribution < 1.29 is 13.7 Å². The molecule has 1 fully saturated rings. The van der Waals surface area contributed by atoms with E-state index in [2.05, 4.69) is 22.1 Å². The molecule has 0 radical (unpaired) electrons. The molecular formula is C20H27FN4O2. The second-order valence-electron chi connectivity index (χ2n) is 7.09. The highest BCUT2D eigenvalue weighted by Gasteiger charge is 2.25. The van der Waals surface area contributed by atoms with E-state index in [-0.39, 0.29) is 11.7 Å². The van der Waals surface area contributed by atoms with E-state index in [0.717, 1.165) is 32.5 Å². The lowest BCUT2D eigenvalue weighted by Gasteiger charge is -2.37. The Morgan fingerprint density at radius 2 is 2.00 bits per heavy atom. The Hall–Kier alpha value is -2.28. The molecule has 27 heavy (non-hydrogen) atoms. The summed E-state index contributed by atoms with van der Waals surface area (Å²) in [5.74, 6) is 0.846. The quantitative estimate of drug-likeness (QED) is 0.745. The van der Waals surface area contributed by atoms with Crippen LogP contribution in [-0.4, -0.2) is 58.6 Å². The number of hydrogen-bond donors (Lipinski definition) is 0. The summed E-state index contributed by atoms with van der Waals surface area (Å²) in [6.07, 6.45) is 3.80. The standard InChI is InChI=1S/C20H27FN4O2/c1-3-25(17-11-13-24(2)14-12-17)19(26)6-4-5-18-22-20(23-27-18)15-7-9-16(21)10-8-15/h7-10,17H,3-6,11-14H2,1-2H3. The maximum absolute atomic E-state index is 13.0. The molecule has 2 aromatic rings. The number of aryl methyl sites for hydroxylation is 1. The summed E-state index contributed by atoms with van der Waals surface area (Å²) in [6.45, 7) is 4.89. The number of likely N-dealkylation sites (tertiary alicyclic amines) is 1. The topological polar surface area (TPSA) is 62.5 Å². The molecule has 146 valence electrons. The maximum Gasteiger partial charge on any atom is 0.226 e. The third-order valence-corrected chi connectivity index (χ3v) is 5.14. The summed E-state index contributed by atoms with van der Waals surface area (Å²) in [4.78, 5) is 21.3. The fourth-order valence-electron chi connectivity index (χ4n) is 3.55. The number of carbonyl (C=O) groups is 1. The predicted molar refractivity (Wildman–Crippen MR) is 101 cm³/mol. The van der Waals surface area contributed by atoms with E-state index in [1.807, 2.05) is 11.8 Å². The van der Waals surface area contributed by atoms with Crippen LogP contribution in [-0.2, 0) is 11.2 Å². The number of aromatic nitrogens is 2. The van der Waals surface area contributed by atoms with Gasteiger partial charge in [0.2, 0.25) is 17.6 Å². The van der Waals surface area contributed by atoms with Crippen LogP contribution in [0, 0.1) is 5.82 Å². The van der Waals surface area contributed by atoms with Crippen LogP contribution in [0.5, 0.6) is 0 Å². The monoisotopic (exact) mass is 374 g/mol. The lowest BCUT2D eigenvalue weighted by atomic mass is 10.0. The summed E-state index contributed by atoms with van der Waals surface area (Å²) in [7, 11) is 2.12. The lowest BCUT2D eigenvalue weighted by Crippen LogP contribution is -2.46. The van der Waals surface area contributed by atoms with Gasteiger partial charge in [-0.15, -0.1) is 0 Å². The molecule has 1 aromatic carbocycles. The summed E-state index contributed by atoms with van der Waals surface area (Å²) < 4.78 is 18.3. The third kappa shape index (κ3) is 5.13. The van der Waals surface area contributed by atoms with Crippen LogP contribution in [0.4, 0.5) is 4.39 Å². The molecule has 3 rings (SSSR count). The van der Waals surface area contributed by atoms with E-state index < -0.39 is 0 Å². The molecule has 1 aliphatic heterocycles. The number of carbonyl (C=O) groups excluding carboxylic acids is 1. The van der Waals surface area contributed by atoms with Crippen LogP contribution in [0.3, 0.4) is 0 Å². The largest absolute Gasteiger partial charge is 0.340 e. The van der Waals surface area contributed by atoms with Crippen molar-refractivity contribution in [2.75, 3.05) is 26.7 Å². The summed E-state index contributed by atoms with van der Waals surface area (Å²) in [5.41, 5.74) is 0.710. The molecule has 0 bridgehead atoms. The van der Waals surface area contributed by atoms with Gasteiger partial charge in [-0.05, 0) is 70.6 Å². The van der Waals surface area contributed by atoms with E-state index in [9.17, 15) is 9.18 Å². The molecule has 0 spiro atoms. The van der Waals surface area contributed by atoms with Crippen LogP contribution in [0.15, 0.2) is 28.8 Å². The van der Waals surface area contributed by atoms with E-state index in [1.165, 1.54) is 12.1 Å². The van der Waals surface area contributed by atoms with Crippen LogP contribution in [0.25, 0.3) is 11.4 Å². The molecule has 0 N–H and O–H groups in total. The average molecular weight is 374 g/mol. The molecule has 6 nitrogen and oxygen atoms in total. The zero-order valence-corrected chi connectivity index (χ0v) is 16.0. The van der Waals surface area contributed by atoms with Gasteiger partial charge in [0.1, 0.15) is 5.82 Å². The number of benzene rings is 1. The van der Waals surface area contributed by atoms with E-state index in [4.69, 9.17) is 4.52 Å². The molecule has 0 unspecified atom stereocenters. The minimum atomic E-state index is -0.300. The molecule has 1 amide bonds. The number of nitrogens with zero attached hydrogens (tertiary/aromatic N) is 4. The average Bonchev–Trinajstić information content (AvgIpc) is 3.13. The zero-order valence-electron chi connectivity index (χ0n) is 16.0. The molecule has 7 heteroatoms. The van der Waals surface area contributed by atoms with Crippen molar-refractivity contribution >= 4 is 5.91 Å². The molecule has 1 aromatic heterocycles. The van der Waals surface area contributed by atoms with Gasteiger partial charge >= 0.3 is 0 Å². The highest BCUT2D eigenvalue weighted by atomic mass is 19.1. The minimum Gasteiger partial charge on any atom is -0.340 e. The SMILES string of the molecule is CCN(C(=O)CCCc1nc(-c2ccc(F)cc2)no1)C1CCN(C)CC1. The number of amides is 1. The number of rotatable bonds is 7. The normalized spacial score (nSPS) is 15.8. The van der Waals surface area contributed by atoms with Crippen LogP contribution >= 0.6 is 0 Å². The minimum absolute atomic E-state index is 0.199. The highest BCUT2D eigenvalue weighted by Crippen LogP contribution is 2.19. The maximum atomic E-state index is 13.0. The van der Waals surface area contributed by atoms with Gasteiger partial charge in [-0.1, -0.05) is 5.16 Å². The van der Waals surface area contributed by atoms with Crippen molar-refractivity contribution in [3.8, 4) is 11.4 Å². The van der Waals surface area contributed by atoms with Gasteiger partial charge in [0.25, 0.3) is 0 Å². The Balaban J connectivity index is 1.49. The van der Waals surface area contributed by atoms with E-state index in [0.29, 0.717) is 42.6 Å². The van der Waals surface area contributed by atoms with Gasteiger partial charge in [0.05, 0.1) is 0 Å². The van der Waals surface area contributed by atoms with Gasteiger partial charge in [-0.2, -0.15) is 4.98 Å². The Morgan fingerprint density at radius 1 is 1.30 bits per heavy atom. The molecule has 0 saturated carbocycles. The first-order valence-corrected chi connectivity index (χ1v) is 9.63. The second-order valence-corrected chi connectivity index (χ2v) is 7.09. The van der Waals surface area contributed by atoms with Crippen molar-refractivity contribution in [1.29, 1.82) is 0 Å². The highest BCUT2D eigenvalue weighted by molar-refractivity contribution is 5.76. The number of halogens is 1. The predicted octanol–water partition coefficient (Wildman–Crippen LogP) is 3.14. The van der Waals surface area contributed by atoms with Crippen molar-refractivity contribution in [3.05, 3.63) is 36.0 Å². The first-order chi connectivity index (χ1) is 13.1. The van der Waals surface area contributed by atoms with Crippen LogP contribution < -0.4 is 0 Å². The van der Waals surface area contributed by atoms with E-state index >= 15 is 0 Å². The summed E-state index contributed by atoms with van der Waals surface area (Å²) in [6, 6.07) is 6.33. The Kier molecular flexibility index (Phi) is 6.55. The molecule has 1 aliphatic rings. The van der Waals surface area contributed by atoms with E-state index in [1.54, 1.807) is 12.1 Å². The van der Waals surface area contributed by atoms with Crippen molar-refractivity contribution in [2.45, 2.75) is 45.1 Å². The fourth-order valence-corrected chi connectivity index (χ4v) is 3.55. The zero-order chi connectivity index (χ0) is 19.2. The van der Waals surface area contributed by atoms with Gasteiger partial charge in [-0.25, -0.2) is 4.39 Å². The molecule has 0 aliphatic carbocycles. The summed E-state index contributed by atoms with van der Waals surface area (Å²) >= 11 is 0. The first kappa shape index (κ1) is 19.5. The second kappa shape index (κ2) is 9.08. The lowest BCUT2D eigenvalue weighted by molar-refractivity contribution is -0.134. The Labute approximate surface area is 159 Å². The van der Waals surface area contributed by atoms with Crippen molar-refractivity contribution in [2.24, 2.45) is 0 Å². The van der Waals surface area contributed by atoms with Crippen LogP contribution in [0.2, 0.25) is 0 Å². The first-order valence-electron chi connectivity index (χ1n) is 9.63. The van der Waals surface area contributed by atoms with Gasteiger partial charge in [0.15, 0.2) is 0 Å². The third-order valence-electron chi connectivity index (χ3n) is 5.14. The Bertz CT molecular complexity index is 739. The number of hydrogen-bond acceptors (Lipinski definition) is 5. The molecular weight excluding hydrogens is 347 g/mol. The van der Waals surface area contributed by atoms with Crippen LogP contribution in [0.1, 0.15) is 38.5 Å². The van der Waals surface area contributed by atoms with Gasteiger partial charge < -0.3 is 14.3 Å². The molecule has 2 heterocycles. The smallest absolute Gasteiger partial charge is 0.226 e. The van der Waals surface area contributed by atoms with Crippen molar-refractivity contribution in [3.63, 3.8) is 0 Å². The van der Waals surface area contributed by atoms with Gasteiger partial charge in [-0.3, -0.25) is 4.79 Å². The molecule has 0 atom stereocenters. The number of piperidine rings is 1. The fraction of sp³-hybridized carbons (Fsp3) is 0.550. The summed E-state index contributed by atoms with van der Waals surface area (Å²) in [5, 5.41) is 3.94.